The fourth-order valence-corrected chi connectivity index (χ4v) is 1.72. The quantitative estimate of drug-likeness (QED) is 0.667. The number of hydrogen-bond acceptors (Lipinski definition) is 3. The second kappa shape index (κ2) is 3.42. The molecule has 1 aromatic heterocycles. The van der Waals surface area contributed by atoms with Crippen molar-refractivity contribution in [1.29, 1.82) is 0 Å². The van der Waals surface area contributed by atoms with Gasteiger partial charge in [-0.3, -0.25) is 0 Å². The minimum absolute atomic E-state index is 0.773. The van der Waals surface area contributed by atoms with E-state index >= 15 is 0 Å². The lowest BCUT2D eigenvalue weighted by Crippen LogP contribution is -1.83. The molecule has 0 aliphatic heterocycles. The Balaban J connectivity index is 2.82. The number of aryl methyl sites for hydroxylation is 1. The summed E-state index contributed by atoms with van der Waals surface area (Å²) >= 11 is 5.22. The van der Waals surface area contributed by atoms with Gasteiger partial charge in [0.15, 0.2) is 0 Å². The maximum absolute atomic E-state index is 5.54. The first-order chi connectivity index (χ1) is 6.70. The van der Waals surface area contributed by atoms with Gasteiger partial charge < -0.3 is 9.15 Å². The molecular weight excluding hydrogens is 196 g/mol. The molecule has 0 aliphatic rings. The summed E-state index contributed by atoms with van der Waals surface area (Å²) in [6, 6.07) is 7.49. The van der Waals surface area contributed by atoms with E-state index in [2.05, 4.69) is 0 Å². The summed E-state index contributed by atoms with van der Waals surface area (Å²) in [5, 5.41) is 0.950. The third-order valence-corrected chi connectivity index (χ3v) is 2.40. The predicted molar refractivity (Wildman–Crippen MR) is 58.3 cm³/mol. The molecule has 0 N–H and O–H groups in total. The summed E-state index contributed by atoms with van der Waals surface area (Å²) in [6.45, 7) is 1.88. The molecule has 0 saturated carbocycles. The molecule has 2 rings (SSSR count). The van der Waals surface area contributed by atoms with Crippen molar-refractivity contribution in [2.24, 2.45) is 0 Å². The zero-order chi connectivity index (χ0) is 10.1. The van der Waals surface area contributed by atoms with Crippen LogP contribution in [0.3, 0.4) is 0 Å². The lowest BCUT2D eigenvalue weighted by molar-refractivity contribution is 0.414. The summed E-state index contributed by atoms with van der Waals surface area (Å²) in [5.74, 6) is 1.59. The van der Waals surface area contributed by atoms with Crippen LogP contribution in [0.1, 0.15) is 5.76 Å². The summed E-state index contributed by atoms with van der Waals surface area (Å²) in [7, 11) is 1.63. The van der Waals surface area contributed by atoms with E-state index < -0.39 is 0 Å². The summed E-state index contributed by atoms with van der Waals surface area (Å²) in [4.78, 5) is 0. The van der Waals surface area contributed by atoms with Crippen molar-refractivity contribution in [2.75, 3.05) is 7.11 Å². The average Bonchev–Trinajstić information content (AvgIpc) is 2.16. The first-order valence-electron chi connectivity index (χ1n) is 4.29. The van der Waals surface area contributed by atoms with Gasteiger partial charge in [-0.1, -0.05) is 12.2 Å². The van der Waals surface area contributed by atoms with Crippen molar-refractivity contribution in [2.45, 2.75) is 6.92 Å². The Hall–Kier alpha value is -1.35. The molecule has 0 fully saturated rings. The van der Waals surface area contributed by atoms with Crippen LogP contribution in [-0.2, 0) is 0 Å². The second-order valence-corrected chi connectivity index (χ2v) is 3.52. The second-order valence-electron chi connectivity index (χ2n) is 3.08. The van der Waals surface area contributed by atoms with Crippen LogP contribution in [0.2, 0.25) is 0 Å². The first kappa shape index (κ1) is 9.21. The number of ether oxygens (including phenoxy) is 1. The largest absolute Gasteiger partial charge is 0.497 e. The normalized spacial score (nSPS) is 10.4. The van der Waals surface area contributed by atoms with Gasteiger partial charge in [0.05, 0.1) is 11.6 Å². The zero-order valence-electron chi connectivity index (χ0n) is 8.03. The highest BCUT2D eigenvalue weighted by Gasteiger charge is 2.00. The van der Waals surface area contributed by atoms with Crippen LogP contribution in [0.15, 0.2) is 28.7 Å². The van der Waals surface area contributed by atoms with Gasteiger partial charge in [-0.2, -0.15) is 0 Å². The smallest absolute Gasteiger partial charge is 0.139 e. The highest BCUT2D eigenvalue weighted by Crippen LogP contribution is 2.22. The van der Waals surface area contributed by atoms with E-state index in [9.17, 15) is 0 Å². The van der Waals surface area contributed by atoms with Crippen LogP contribution < -0.4 is 4.74 Å². The Bertz CT molecular complexity index is 528. The lowest BCUT2D eigenvalue weighted by atomic mass is 10.2. The van der Waals surface area contributed by atoms with Gasteiger partial charge in [-0.15, -0.1) is 0 Å². The van der Waals surface area contributed by atoms with E-state index in [1.807, 2.05) is 31.2 Å². The fourth-order valence-electron chi connectivity index (χ4n) is 1.38. The molecule has 0 saturated heterocycles. The highest BCUT2D eigenvalue weighted by atomic mass is 32.1. The van der Waals surface area contributed by atoms with Crippen LogP contribution in [0, 0.1) is 11.4 Å². The fraction of sp³-hybridized carbons (Fsp3) is 0.182. The van der Waals surface area contributed by atoms with E-state index in [4.69, 9.17) is 21.4 Å². The van der Waals surface area contributed by atoms with Crippen LogP contribution in [-0.4, -0.2) is 7.11 Å². The van der Waals surface area contributed by atoms with E-state index in [0.29, 0.717) is 0 Å². The van der Waals surface area contributed by atoms with Crippen molar-refractivity contribution in [3.05, 3.63) is 34.5 Å². The molecule has 0 atom stereocenters. The molecule has 1 heterocycles. The van der Waals surface area contributed by atoms with E-state index in [-0.39, 0.29) is 0 Å². The Kier molecular flexibility index (Phi) is 2.25. The van der Waals surface area contributed by atoms with Crippen LogP contribution in [0.4, 0.5) is 0 Å². The molecule has 1 aromatic carbocycles. The van der Waals surface area contributed by atoms with Crippen molar-refractivity contribution >= 4 is 23.2 Å². The van der Waals surface area contributed by atoms with E-state index in [0.717, 1.165) is 27.0 Å². The first-order valence-corrected chi connectivity index (χ1v) is 4.70. The van der Waals surface area contributed by atoms with Gasteiger partial charge in [0, 0.05) is 11.5 Å². The lowest BCUT2D eigenvalue weighted by Gasteiger charge is -2.02. The Morgan fingerprint density at radius 1 is 1.29 bits per heavy atom. The van der Waals surface area contributed by atoms with Gasteiger partial charge in [0.2, 0.25) is 0 Å². The third-order valence-electron chi connectivity index (χ3n) is 2.06. The Labute approximate surface area is 87.1 Å². The van der Waals surface area contributed by atoms with Gasteiger partial charge in [0.1, 0.15) is 17.1 Å². The third kappa shape index (κ3) is 1.51. The van der Waals surface area contributed by atoms with E-state index in [1.54, 1.807) is 7.11 Å². The zero-order valence-corrected chi connectivity index (χ0v) is 8.85. The maximum atomic E-state index is 5.54. The highest BCUT2D eigenvalue weighted by molar-refractivity contribution is 7.71. The minimum Gasteiger partial charge on any atom is -0.497 e. The van der Waals surface area contributed by atoms with Crippen LogP contribution in [0.5, 0.6) is 5.75 Å². The molecule has 72 valence electrons. The standard InChI is InChI=1S/C11H10O2S/c1-7-5-11(14)9-4-3-8(12-2)6-10(9)13-7/h3-6H,1-2H3. The number of rotatable bonds is 1. The van der Waals surface area contributed by atoms with Gasteiger partial charge in [-0.05, 0) is 25.1 Å². The van der Waals surface area contributed by atoms with Crippen molar-refractivity contribution in [3.63, 3.8) is 0 Å². The monoisotopic (exact) mass is 206 g/mol. The average molecular weight is 206 g/mol. The maximum Gasteiger partial charge on any atom is 0.139 e. The number of methoxy groups -OCH3 is 1. The molecule has 0 radical (unpaired) electrons. The predicted octanol–water partition coefficient (Wildman–Crippen LogP) is 3.48. The Morgan fingerprint density at radius 3 is 2.79 bits per heavy atom. The number of fused-ring (bicyclic) bond motifs is 1. The van der Waals surface area contributed by atoms with E-state index in [1.165, 1.54) is 0 Å². The van der Waals surface area contributed by atoms with Crippen molar-refractivity contribution in [1.82, 2.24) is 0 Å². The molecule has 0 bridgehead atoms. The summed E-state index contributed by atoms with van der Waals surface area (Å²) < 4.78 is 11.5. The van der Waals surface area contributed by atoms with Crippen molar-refractivity contribution in [3.8, 4) is 5.75 Å². The molecular formula is C11H10O2S. The van der Waals surface area contributed by atoms with Crippen LogP contribution in [0.25, 0.3) is 11.0 Å². The molecule has 3 heteroatoms. The molecule has 2 aromatic rings. The SMILES string of the molecule is COc1ccc2c(=S)cc(C)oc2c1. The molecule has 0 amide bonds. The molecule has 0 aliphatic carbocycles. The number of benzene rings is 1. The minimum atomic E-state index is 0.773. The Morgan fingerprint density at radius 2 is 2.07 bits per heavy atom. The topological polar surface area (TPSA) is 22.4 Å². The van der Waals surface area contributed by atoms with Gasteiger partial charge in [0.25, 0.3) is 0 Å². The molecule has 2 nitrogen and oxygen atoms in total. The summed E-state index contributed by atoms with van der Waals surface area (Å²) in [6.07, 6.45) is 0. The van der Waals surface area contributed by atoms with Gasteiger partial charge in [-0.25, -0.2) is 0 Å². The van der Waals surface area contributed by atoms with Gasteiger partial charge >= 0.3 is 0 Å². The molecule has 0 spiro atoms. The summed E-state index contributed by atoms with van der Waals surface area (Å²) in [5.41, 5.74) is 0.773. The molecule has 14 heavy (non-hydrogen) atoms. The van der Waals surface area contributed by atoms with Crippen LogP contribution >= 0.6 is 12.2 Å². The van der Waals surface area contributed by atoms with Crippen molar-refractivity contribution < 1.29 is 9.15 Å². The molecule has 0 unspecified atom stereocenters. The number of hydrogen-bond donors (Lipinski definition) is 0.